The molecule has 2 amide bonds. The van der Waals surface area contributed by atoms with Crippen molar-refractivity contribution in [2.45, 2.75) is 31.7 Å². The molecule has 6 heteroatoms. The number of hydrogen-bond acceptors (Lipinski definition) is 3. The van der Waals surface area contributed by atoms with E-state index in [9.17, 15) is 9.59 Å². The summed E-state index contributed by atoms with van der Waals surface area (Å²) in [5, 5.41) is 5.45. The second-order valence-electron chi connectivity index (χ2n) is 5.00. The van der Waals surface area contributed by atoms with Crippen LogP contribution in [-0.2, 0) is 4.79 Å². The summed E-state index contributed by atoms with van der Waals surface area (Å²) >= 11 is 7.57. The van der Waals surface area contributed by atoms with Crippen molar-refractivity contribution >= 4 is 40.4 Å². The first-order valence-electron chi connectivity index (χ1n) is 6.38. The summed E-state index contributed by atoms with van der Waals surface area (Å²) in [7, 11) is 0. The normalized spacial score (nSPS) is 12.1. The van der Waals surface area contributed by atoms with Crippen molar-refractivity contribution in [3.63, 3.8) is 0 Å². The Morgan fingerprint density at radius 2 is 1.95 bits per heavy atom. The third-order valence-corrected chi connectivity index (χ3v) is 3.49. The van der Waals surface area contributed by atoms with Crippen molar-refractivity contribution in [2.24, 2.45) is 5.92 Å². The van der Waals surface area contributed by atoms with Crippen LogP contribution in [0.4, 0.5) is 0 Å². The minimum atomic E-state index is -0.586. The van der Waals surface area contributed by atoms with Crippen LogP contribution in [0, 0.1) is 5.92 Å². The van der Waals surface area contributed by atoms with E-state index in [1.165, 1.54) is 0 Å². The van der Waals surface area contributed by atoms with Crippen molar-refractivity contribution in [1.82, 2.24) is 10.6 Å². The molecule has 0 saturated heterocycles. The van der Waals surface area contributed by atoms with Crippen molar-refractivity contribution in [1.29, 1.82) is 0 Å². The lowest BCUT2D eigenvalue weighted by molar-refractivity contribution is -0.122. The molecule has 0 heterocycles. The summed E-state index contributed by atoms with van der Waals surface area (Å²) < 4.78 is 0.849. The zero-order valence-corrected chi connectivity index (χ0v) is 14.2. The van der Waals surface area contributed by atoms with Crippen molar-refractivity contribution < 1.29 is 9.59 Å². The summed E-state index contributed by atoms with van der Waals surface area (Å²) in [5.41, 5.74) is 0.444. The SMILES string of the molecule is CC(C)CNC(=O)C(C)NC(=O)c1ccc(Br)cc1S. The Kier molecular flexibility index (Phi) is 6.55. The monoisotopic (exact) mass is 358 g/mol. The molecule has 0 aliphatic rings. The molecular weight excluding hydrogens is 340 g/mol. The average molecular weight is 359 g/mol. The first-order chi connectivity index (χ1) is 9.31. The van der Waals surface area contributed by atoms with Crippen LogP contribution in [-0.4, -0.2) is 24.4 Å². The first kappa shape index (κ1) is 17.0. The maximum absolute atomic E-state index is 12.1. The summed E-state index contributed by atoms with van der Waals surface area (Å²) in [5.74, 6) is -0.128. The zero-order valence-electron chi connectivity index (χ0n) is 11.7. The van der Waals surface area contributed by atoms with Crippen LogP contribution >= 0.6 is 28.6 Å². The molecule has 4 nitrogen and oxygen atoms in total. The summed E-state index contributed by atoms with van der Waals surface area (Å²) in [6.45, 7) is 6.27. The molecule has 1 unspecified atom stereocenters. The van der Waals surface area contributed by atoms with Crippen LogP contribution in [0.25, 0.3) is 0 Å². The average Bonchev–Trinajstić information content (AvgIpc) is 2.35. The summed E-state index contributed by atoms with van der Waals surface area (Å²) in [6.07, 6.45) is 0. The van der Waals surface area contributed by atoms with Gasteiger partial charge in [0.25, 0.3) is 5.91 Å². The van der Waals surface area contributed by atoms with Gasteiger partial charge in [-0.1, -0.05) is 29.8 Å². The number of benzene rings is 1. The Balaban J connectivity index is 2.63. The Morgan fingerprint density at radius 1 is 1.30 bits per heavy atom. The number of thiol groups is 1. The predicted molar refractivity (Wildman–Crippen MR) is 86.2 cm³/mol. The smallest absolute Gasteiger partial charge is 0.253 e. The first-order valence-corrected chi connectivity index (χ1v) is 7.62. The second-order valence-corrected chi connectivity index (χ2v) is 6.39. The van der Waals surface area contributed by atoms with Gasteiger partial charge in [-0.25, -0.2) is 0 Å². The van der Waals surface area contributed by atoms with Gasteiger partial charge < -0.3 is 10.6 Å². The minimum Gasteiger partial charge on any atom is -0.354 e. The van der Waals surface area contributed by atoms with Gasteiger partial charge in [-0.2, -0.15) is 0 Å². The Morgan fingerprint density at radius 3 is 2.50 bits per heavy atom. The molecule has 1 aromatic rings. The van der Waals surface area contributed by atoms with Gasteiger partial charge in [-0.3, -0.25) is 9.59 Å². The van der Waals surface area contributed by atoms with Gasteiger partial charge in [0.05, 0.1) is 5.56 Å². The van der Waals surface area contributed by atoms with Gasteiger partial charge in [-0.05, 0) is 31.0 Å². The third kappa shape index (κ3) is 5.17. The van der Waals surface area contributed by atoms with Crippen LogP contribution in [0.1, 0.15) is 31.1 Å². The van der Waals surface area contributed by atoms with Crippen molar-refractivity contribution in [2.75, 3.05) is 6.54 Å². The van der Waals surface area contributed by atoms with E-state index in [-0.39, 0.29) is 11.8 Å². The van der Waals surface area contributed by atoms with Gasteiger partial charge in [0.15, 0.2) is 0 Å². The highest BCUT2D eigenvalue weighted by Gasteiger charge is 2.17. The van der Waals surface area contributed by atoms with Crippen LogP contribution < -0.4 is 10.6 Å². The van der Waals surface area contributed by atoms with E-state index >= 15 is 0 Å². The van der Waals surface area contributed by atoms with Crippen LogP contribution in [0.15, 0.2) is 27.6 Å². The van der Waals surface area contributed by atoms with E-state index in [1.54, 1.807) is 25.1 Å². The Labute approximate surface area is 133 Å². The van der Waals surface area contributed by atoms with E-state index in [1.807, 2.05) is 13.8 Å². The predicted octanol–water partition coefficient (Wildman–Crippen LogP) is 2.63. The molecule has 0 aliphatic heterocycles. The van der Waals surface area contributed by atoms with Gasteiger partial charge in [-0.15, -0.1) is 12.6 Å². The van der Waals surface area contributed by atoms with Gasteiger partial charge in [0.2, 0.25) is 5.91 Å². The fourth-order valence-corrected chi connectivity index (χ4v) is 2.35. The molecule has 0 aromatic heterocycles. The highest BCUT2D eigenvalue weighted by atomic mass is 79.9. The Hall–Kier alpha value is -1.01. The number of amides is 2. The number of carbonyl (C=O) groups excluding carboxylic acids is 2. The van der Waals surface area contributed by atoms with Crippen LogP contribution in [0.5, 0.6) is 0 Å². The Bertz CT molecular complexity index is 506. The van der Waals surface area contributed by atoms with E-state index in [0.717, 1.165) is 4.47 Å². The molecule has 0 spiro atoms. The molecule has 0 radical (unpaired) electrons. The van der Waals surface area contributed by atoms with E-state index in [4.69, 9.17) is 0 Å². The van der Waals surface area contributed by atoms with Gasteiger partial charge in [0.1, 0.15) is 6.04 Å². The van der Waals surface area contributed by atoms with Crippen LogP contribution in [0.2, 0.25) is 0 Å². The maximum atomic E-state index is 12.1. The number of rotatable bonds is 5. The molecule has 2 N–H and O–H groups in total. The van der Waals surface area contributed by atoms with E-state index in [2.05, 4.69) is 39.2 Å². The fourth-order valence-electron chi connectivity index (χ4n) is 1.49. The molecule has 0 aliphatic carbocycles. The van der Waals surface area contributed by atoms with Gasteiger partial charge >= 0.3 is 0 Å². The molecule has 0 saturated carbocycles. The van der Waals surface area contributed by atoms with E-state index in [0.29, 0.717) is 22.9 Å². The molecule has 0 bridgehead atoms. The minimum absolute atomic E-state index is 0.190. The third-order valence-electron chi connectivity index (χ3n) is 2.63. The highest BCUT2D eigenvalue weighted by Crippen LogP contribution is 2.19. The topological polar surface area (TPSA) is 58.2 Å². The second kappa shape index (κ2) is 7.69. The quantitative estimate of drug-likeness (QED) is 0.708. The van der Waals surface area contributed by atoms with Gasteiger partial charge in [0, 0.05) is 15.9 Å². The standard InChI is InChI=1S/C14H19BrN2O2S/c1-8(2)7-16-13(18)9(3)17-14(19)11-5-4-10(15)6-12(11)20/h4-6,8-9,20H,7H2,1-3H3,(H,16,18)(H,17,19). The molecule has 0 fully saturated rings. The molecule has 110 valence electrons. The lowest BCUT2D eigenvalue weighted by Gasteiger charge is -2.15. The largest absolute Gasteiger partial charge is 0.354 e. The maximum Gasteiger partial charge on any atom is 0.253 e. The van der Waals surface area contributed by atoms with Crippen LogP contribution in [0.3, 0.4) is 0 Å². The number of nitrogens with one attached hydrogen (secondary N) is 2. The lowest BCUT2D eigenvalue weighted by atomic mass is 10.2. The lowest BCUT2D eigenvalue weighted by Crippen LogP contribution is -2.45. The molecule has 1 aromatic carbocycles. The summed E-state index contributed by atoms with van der Waals surface area (Å²) in [6, 6.07) is 4.58. The molecule has 1 atom stereocenters. The summed E-state index contributed by atoms with van der Waals surface area (Å²) in [4.78, 5) is 24.4. The molecule has 20 heavy (non-hydrogen) atoms. The molecule has 1 rings (SSSR count). The fraction of sp³-hybridized carbons (Fsp3) is 0.429. The van der Waals surface area contributed by atoms with Crippen molar-refractivity contribution in [3.05, 3.63) is 28.2 Å². The van der Waals surface area contributed by atoms with Crippen molar-refractivity contribution in [3.8, 4) is 0 Å². The number of carbonyl (C=O) groups is 2. The highest BCUT2D eigenvalue weighted by molar-refractivity contribution is 9.10. The molecular formula is C14H19BrN2O2S. The van der Waals surface area contributed by atoms with E-state index < -0.39 is 6.04 Å². The number of hydrogen-bond donors (Lipinski definition) is 3. The zero-order chi connectivity index (χ0) is 15.3. The number of halogens is 1.